The van der Waals surface area contributed by atoms with Crippen LogP contribution in [0, 0.1) is 0 Å². The topological polar surface area (TPSA) is 47.9 Å². The molecule has 5 atom stereocenters. The SMILES string of the molecule is CCC[C@H]1O[C@@H]2OC(C)O[C@@H]2[C@H]1O. The zero-order chi connectivity index (χ0) is 9.42. The maximum absolute atomic E-state index is 9.78. The molecule has 4 nitrogen and oxygen atoms in total. The highest BCUT2D eigenvalue weighted by molar-refractivity contribution is 4.90. The van der Waals surface area contributed by atoms with Crippen molar-refractivity contribution in [1.29, 1.82) is 0 Å². The number of hydrogen-bond acceptors (Lipinski definition) is 4. The van der Waals surface area contributed by atoms with Crippen LogP contribution in [0.5, 0.6) is 0 Å². The van der Waals surface area contributed by atoms with Crippen molar-refractivity contribution in [2.45, 2.75) is 57.6 Å². The van der Waals surface area contributed by atoms with Crippen LogP contribution in [0.1, 0.15) is 26.7 Å². The molecular formula is C9H16O4. The number of hydrogen-bond donors (Lipinski definition) is 1. The summed E-state index contributed by atoms with van der Waals surface area (Å²) < 4.78 is 16.2. The molecule has 0 aromatic rings. The lowest BCUT2D eigenvalue weighted by atomic mass is 10.1. The van der Waals surface area contributed by atoms with Crippen molar-refractivity contribution in [2.24, 2.45) is 0 Å². The van der Waals surface area contributed by atoms with Crippen LogP contribution >= 0.6 is 0 Å². The molecular weight excluding hydrogens is 172 g/mol. The smallest absolute Gasteiger partial charge is 0.189 e. The summed E-state index contributed by atoms with van der Waals surface area (Å²) in [6.45, 7) is 3.87. The van der Waals surface area contributed by atoms with E-state index >= 15 is 0 Å². The Balaban J connectivity index is 1.96. The second-order valence-corrected chi connectivity index (χ2v) is 3.63. The molecule has 0 aliphatic carbocycles. The average molecular weight is 188 g/mol. The first-order valence-corrected chi connectivity index (χ1v) is 4.87. The summed E-state index contributed by atoms with van der Waals surface area (Å²) in [7, 11) is 0. The van der Waals surface area contributed by atoms with Crippen LogP contribution in [0.15, 0.2) is 0 Å². The second kappa shape index (κ2) is 3.53. The van der Waals surface area contributed by atoms with Gasteiger partial charge in [-0.05, 0) is 13.3 Å². The minimum absolute atomic E-state index is 0.118. The summed E-state index contributed by atoms with van der Waals surface area (Å²) in [5.74, 6) is 0. The van der Waals surface area contributed by atoms with E-state index in [1.165, 1.54) is 0 Å². The van der Waals surface area contributed by atoms with Crippen molar-refractivity contribution in [1.82, 2.24) is 0 Å². The van der Waals surface area contributed by atoms with Gasteiger partial charge in [0.1, 0.15) is 12.2 Å². The van der Waals surface area contributed by atoms with Gasteiger partial charge in [0.25, 0.3) is 0 Å². The van der Waals surface area contributed by atoms with Crippen LogP contribution in [0.4, 0.5) is 0 Å². The lowest BCUT2D eigenvalue weighted by molar-refractivity contribution is -0.162. The number of ether oxygens (including phenoxy) is 3. The molecule has 2 aliphatic heterocycles. The Hall–Kier alpha value is -0.160. The molecule has 2 fully saturated rings. The summed E-state index contributed by atoms with van der Waals surface area (Å²) in [6, 6.07) is 0. The summed E-state index contributed by atoms with van der Waals surface area (Å²) in [6.07, 6.45) is 0.300. The third kappa shape index (κ3) is 1.59. The fourth-order valence-electron chi connectivity index (χ4n) is 1.92. The largest absolute Gasteiger partial charge is 0.387 e. The second-order valence-electron chi connectivity index (χ2n) is 3.63. The van der Waals surface area contributed by atoms with Gasteiger partial charge in [0.05, 0.1) is 6.10 Å². The van der Waals surface area contributed by atoms with Crippen molar-refractivity contribution in [3.05, 3.63) is 0 Å². The fourth-order valence-corrected chi connectivity index (χ4v) is 1.92. The van der Waals surface area contributed by atoms with E-state index in [0.29, 0.717) is 0 Å². The zero-order valence-corrected chi connectivity index (χ0v) is 7.97. The Kier molecular flexibility index (Phi) is 2.55. The summed E-state index contributed by atoms with van der Waals surface area (Å²) in [5.41, 5.74) is 0. The van der Waals surface area contributed by atoms with Crippen molar-refractivity contribution in [2.75, 3.05) is 0 Å². The van der Waals surface area contributed by atoms with E-state index in [1.807, 2.05) is 6.92 Å². The van der Waals surface area contributed by atoms with Gasteiger partial charge in [-0.25, -0.2) is 0 Å². The van der Waals surface area contributed by atoms with Gasteiger partial charge in [-0.1, -0.05) is 13.3 Å². The number of aliphatic hydroxyl groups excluding tert-OH is 1. The van der Waals surface area contributed by atoms with Crippen molar-refractivity contribution in [3.8, 4) is 0 Å². The Morgan fingerprint density at radius 1 is 1.23 bits per heavy atom. The Bertz CT molecular complexity index is 184. The maximum atomic E-state index is 9.78. The highest BCUT2D eigenvalue weighted by atomic mass is 16.8. The van der Waals surface area contributed by atoms with Gasteiger partial charge in [-0.2, -0.15) is 0 Å². The van der Waals surface area contributed by atoms with Gasteiger partial charge < -0.3 is 19.3 Å². The molecule has 0 spiro atoms. The van der Waals surface area contributed by atoms with E-state index in [9.17, 15) is 5.11 Å². The first kappa shape index (κ1) is 9.40. The van der Waals surface area contributed by atoms with Gasteiger partial charge in [0, 0.05) is 0 Å². The monoisotopic (exact) mass is 188 g/mol. The fraction of sp³-hybridized carbons (Fsp3) is 1.00. The third-order valence-corrected chi connectivity index (χ3v) is 2.54. The van der Waals surface area contributed by atoms with E-state index in [0.717, 1.165) is 12.8 Å². The van der Waals surface area contributed by atoms with Crippen LogP contribution in [0.3, 0.4) is 0 Å². The molecule has 0 aromatic carbocycles. The summed E-state index contributed by atoms with van der Waals surface area (Å²) >= 11 is 0. The molecule has 2 aliphatic rings. The van der Waals surface area contributed by atoms with Gasteiger partial charge in [0.15, 0.2) is 12.6 Å². The average Bonchev–Trinajstić information content (AvgIpc) is 2.54. The first-order chi connectivity index (χ1) is 6.22. The molecule has 4 heteroatoms. The molecule has 1 unspecified atom stereocenters. The molecule has 1 N–H and O–H groups in total. The van der Waals surface area contributed by atoms with E-state index in [2.05, 4.69) is 6.92 Å². The van der Waals surface area contributed by atoms with Crippen LogP contribution in [0.25, 0.3) is 0 Å². The first-order valence-electron chi connectivity index (χ1n) is 4.87. The van der Waals surface area contributed by atoms with Crippen molar-refractivity contribution >= 4 is 0 Å². The van der Waals surface area contributed by atoms with E-state index in [1.54, 1.807) is 0 Å². The van der Waals surface area contributed by atoms with Crippen LogP contribution in [0.2, 0.25) is 0 Å². The van der Waals surface area contributed by atoms with Gasteiger partial charge in [-0.3, -0.25) is 0 Å². The third-order valence-electron chi connectivity index (χ3n) is 2.54. The molecule has 2 saturated heterocycles. The quantitative estimate of drug-likeness (QED) is 0.690. The van der Waals surface area contributed by atoms with Crippen molar-refractivity contribution < 1.29 is 19.3 Å². The van der Waals surface area contributed by atoms with E-state index < -0.39 is 6.10 Å². The lowest BCUT2D eigenvalue weighted by Gasteiger charge is -2.16. The van der Waals surface area contributed by atoms with Crippen LogP contribution in [-0.4, -0.2) is 36.0 Å². The van der Waals surface area contributed by atoms with E-state index in [4.69, 9.17) is 14.2 Å². The molecule has 0 radical (unpaired) electrons. The molecule has 0 saturated carbocycles. The summed E-state index contributed by atoms with van der Waals surface area (Å²) in [4.78, 5) is 0. The molecule has 13 heavy (non-hydrogen) atoms. The Morgan fingerprint density at radius 3 is 2.62 bits per heavy atom. The number of rotatable bonds is 2. The molecule has 76 valence electrons. The predicted octanol–water partition coefficient (Wildman–Crippen LogP) is 0.634. The van der Waals surface area contributed by atoms with E-state index in [-0.39, 0.29) is 24.8 Å². The number of aliphatic hydroxyl groups is 1. The molecule has 2 rings (SSSR count). The predicted molar refractivity (Wildman–Crippen MR) is 45.0 cm³/mol. The molecule has 0 bridgehead atoms. The molecule has 2 heterocycles. The maximum Gasteiger partial charge on any atom is 0.189 e. The lowest BCUT2D eigenvalue weighted by Crippen LogP contribution is -2.32. The normalized spacial score (nSPS) is 49.6. The molecule has 0 amide bonds. The highest BCUT2D eigenvalue weighted by Gasteiger charge is 2.49. The molecule has 0 aromatic heterocycles. The Morgan fingerprint density at radius 2 is 2.00 bits per heavy atom. The van der Waals surface area contributed by atoms with Gasteiger partial charge in [0.2, 0.25) is 0 Å². The zero-order valence-electron chi connectivity index (χ0n) is 7.97. The van der Waals surface area contributed by atoms with Crippen LogP contribution < -0.4 is 0 Å². The van der Waals surface area contributed by atoms with Gasteiger partial charge >= 0.3 is 0 Å². The number of fused-ring (bicyclic) bond motifs is 1. The minimum Gasteiger partial charge on any atom is -0.387 e. The highest BCUT2D eigenvalue weighted by Crippen LogP contribution is 2.33. The minimum atomic E-state index is -0.533. The standard InChI is InChI=1S/C9H16O4/c1-3-4-6-7(10)8-9(13-6)12-5(2)11-8/h5-10H,3-4H2,1-2H3/t5?,6-,7+,8-,9+/m1/s1. The summed E-state index contributed by atoms with van der Waals surface area (Å²) in [5, 5.41) is 9.78. The van der Waals surface area contributed by atoms with Crippen LogP contribution in [-0.2, 0) is 14.2 Å². The van der Waals surface area contributed by atoms with Gasteiger partial charge in [-0.15, -0.1) is 0 Å². The van der Waals surface area contributed by atoms with Crippen molar-refractivity contribution in [3.63, 3.8) is 0 Å². The Labute approximate surface area is 77.8 Å².